The van der Waals surface area contributed by atoms with Crippen molar-refractivity contribution in [3.05, 3.63) is 28.4 Å². The van der Waals surface area contributed by atoms with Crippen molar-refractivity contribution < 1.29 is 14.4 Å². The van der Waals surface area contributed by atoms with Crippen molar-refractivity contribution in [3.63, 3.8) is 0 Å². The zero-order valence-corrected chi connectivity index (χ0v) is 7.25. The Morgan fingerprint density at radius 1 is 1.79 bits per heavy atom. The molecule has 1 aromatic rings. The van der Waals surface area contributed by atoms with Crippen LogP contribution in [0.4, 0.5) is 5.69 Å². The Labute approximate surface area is 79.6 Å². The second-order valence-corrected chi connectivity index (χ2v) is 2.85. The van der Waals surface area contributed by atoms with Crippen LogP contribution in [0.2, 0.25) is 0 Å². The minimum Gasteiger partial charge on any atom is -0.470 e. The average molecular weight is 196 g/mol. The number of hydrogen-bond donors (Lipinski definition) is 0. The molecule has 1 aromatic heterocycles. The lowest BCUT2D eigenvalue weighted by molar-refractivity contribution is -0.386. The van der Waals surface area contributed by atoms with Crippen LogP contribution >= 0.6 is 0 Å². The number of nitrogens with zero attached hydrogens (tertiary/aromatic N) is 2. The molecule has 1 unspecified atom stereocenters. The molecule has 0 N–H and O–H groups in total. The molecule has 0 spiro atoms. The number of rotatable bonds is 4. The van der Waals surface area contributed by atoms with Gasteiger partial charge in [-0.15, -0.1) is 0 Å². The summed E-state index contributed by atoms with van der Waals surface area (Å²) in [6.45, 7) is 0.971. The minimum absolute atomic E-state index is 0.0491. The summed E-state index contributed by atoms with van der Waals surface area (Å²) in [7, 11) is 0. The number of hydrogen-bond acceptors (Lipinski definition) is 5. The number of aromatic nitrogens is 1. The molecular formula is C8H8N2O4. The number of ether oxygens (including phenoxy) is 2. The lowest BCUT2D eigenvalue weighted by Gasteiger charge is -2.02. The molecule has 1 aliphatic heterocycles. The maximum atomic E-state index is 10.5. The van der Waals surface area contributed by atoms with Crippen LogP contribution in [0.1, 0.15) is 0 Å². The fraction of sp³-hybridized carbons (Fsp3) is 0.375. The first-order valence-electron chi connectivity index (χ1n) is 4.11. The summed E-state index contributed by atoms with van der Waals surface area (Å²) in [5.74, 6) is 0.0491. The molecule has 0 radical (unpaired) electrons. The van der Waals surface area contributed by atoms with Gasteiger partial charge in [-0.3, -0.25) is 10.1 Å². The van der Waals surface area contributed by atoms with Gasteiger partial charge in [0, 0.05) is 12.3 Å². The highest BCUT2D eigenvalue weighted by atomic mass is 16.6. The molecule has 0 amide bonds. The molecule has 0 aromatic carbocycles. The zero-order valence-electron chi connectivity index (χ0n) is 7.25. The predicted molar refractivity (Wildman–Crippen MR) is 46.1 cm³/mol. The van der Waals surface area contributed by atoms with Gasteiger partial charge in [-0.1, -0.05) is 0 Å². The monoisotopic (exact) mass is 196 g/mol. The van der Waals surface area contributed by atoms with E-state index < -0.39 is 4.92 Å². The summed E-state index contributed by atoms with van der Waals surface area (Å²) >= 11 is 0. The molecule has 1 atom stereocenters. The molecule has 2 heterocycles. The highest BCUT2D eigenvalue weighted by Gasteiger charge is 2.25. The maximum absolute atomic E-state index is 10.5. The minimum atomic E-state index is -0.518. The summed E-state index contributed by atoms with van der Waals surface area (Å²) in [5.41, 5.74) is -0.117. The lowest BCUT2D eigenvalue weighted by atomic mass is 10.4. The van der Waals surface area contributed by atoms with Gasteiger partial charge in [0.15, 0.2) is 0 Å². The Hall–Kier alpha value is -1.69. The molecule has 6 nitrogen and oxygen atoms in total. The van der Waals surface area contributed by atoms with Gasteiger partial charge in [0.1, 0.15) is 12.7 Å². The van der Waals surface area contributed by atoms with Gasteiger partial charge in [0.25, 0.3) is 5.88 Å². The van der Waals surface area contributed by atoms with Crippen molar-refractivity contribution in [3.8, 4) is 5.88 Å². The fourth-order valence-electron chi connectivity index (χ4n) is 0.969. The van der Waals surface area contributed by atoms with Crippen LogP contribution in [0.25, 0.3) is 0 Å². The molecule has 6 heteroatoms. The highest BCUT2D eigenvalue weighted by Crippen LogP contribution is 2.23. The molecular weight excluding hydrogens is 188 g/mol. The van der Waals surface area contributed by atoms with Gasteiger partial charge >= 0.3 is 5.69 Å². The van der Waals surface area contributed by atoms with E-state index in [1.165, 1.54) is 18.3 Å². The van der Waals surface area contributed by atoms with E-state index in [0.717, 1.165) is 0 Å². The summed E-state index contributed by atoms with van der Waals surface area (Å²) in [4.78, 5) is 13.8. The molecule has 1 fully saturated rings. The molecule has 1 saturated heterocycles. The molecule has 0 bridgehead atoms. The van der Waals surface area contributed by atoms with Crippen molar-refractivity contribution in [1.82, 2.24) is 4.98 Å². The quantitative estimate of drug-likeness (QED) is 0.403. The van der Waals surface area contributed by atoms with E-state index in [-0.39, 0.29) is 17.7 Å². The first kappa shape index (κ1) is 8.89. The number of nitro groups is 1. The van der Waals surface area contributed by atoms with Gasteiger partial charge in [0.05, 0.1) is 11.5 Å². The summed E-state index contributed by atoms with van der Waals surface area (Å²) in [6.07, 6.45) is 1.52. The van der Waals surface area contributed by atoms with Crippen molar-refractivity contribution in [2.75, 3.05) is 13.2 Å². The standard InChI is InChI=1S/C8H8N2O4/c11-10(12)7-2-1-3-9-8(7)14-5-6-4-13-6/h1-3,6H,4-5H2. The fourth-order valence-corrected chi connectivity index (χ4v) is 0.969. The Morgan fingerprint density at radius 3 is 3.21 bits per heavy atom. The van der Waals surface area contributed by atoms with Crippen molar-refractivity contribution >= 4 is 5.69 Å². The van der Waals surface area contributed by atoms with Gasteiger partial charge in [-0.05, 0) is 6.07 Å². The van der Waals surface area contributed by atoms with E-state index >= 15 is 0 Å². The molecule has 74 valence electrons. The van der Waals surface area contributed by atoms with Gasteiger partial charge in [-0.25, -0.2) is 4.98 Å². The van der Waals surface area contributed by atoms with Gasteiger partial charge < -0.3 is 9.47 Å². The largest absolute Gasteiger partial charge is 0.470 e. The summed E-state index contributed by atoms with van der Waals surface area (Å²) < 4.78 is 10.1. The van der Waals surface area contributed by atoms with E-state index in [2.05, 4.69) is 4.98 Å². The zero-order chi connectivity index (χ0) is 9.97. The Bertz CT molecular complexity index is 351. The average Bonchev–Trinajstić information content (AvgIpc) is 2.98. The van der Waals surface area contributed by atoms with E-state index in [1.807, 2.05) is 0 Å². The van der Waals surface area contributed by atoms with E-state index in [4.69, 9.17) is 9.47 Å². The summed E-state index contributed by atoms with van der Waals surface area (Å²) in [5, 5.41) is 10.5. The maximum Gasteiger partial charge on any atom is 0.330 e. The third kappa shape index (κ3) is 1.97. The summed E-state index contributed by atoms with van der Waals surface area (Å²) in [6, 6.07) is 2.86. The normalized spacial score (nSPS) is 19.0. The Morgan fingerprint density at radius 2 is 2.57 bits per heavy atom. The second-order valence-electron chi connectivity index (χ2n) is 2.85. The van der Waals surface area contributed by atoms with E-state index in [1.54, 1.807) is 0 Å². The Balaban J connectivity index is 2.09. The molecule has 0 aliphatic carbocycles. The van der Waals surface area contributed by atoms with Crippen LogP contribution in [-0.4, -0.2) is 29.2 Å². The van der Waals surface area contributed by atoms with Crippen LogP contribution in [0.3, 0.4) is 0 Å². The van der Waals surface area contributed by atoms with Crippen LogP contribution < -0.4 is 4.74 Å². The topological polar surface area (TPSA) is 77.8 Å². The smallest absolute Gasteiger partial charge is 0.330 e. The molecule has 14 heavy (non-hydrogen) atoms. The van der Waals surface area contributed by atoms with E-state index in [0.29, 0.717) is 13.2 Å². The molecule has 0 saturated carbocycles. The highest BCUT2D eigenvalue weighted by molar-refractivity contribution is 5.39. The predicted octanol–water partition coefficient (Wildman–Crippen LogP) is 0.767. The van der Waals surface area contributed by atoms with Crippen LogP contribution in [0.5, 0.6) is 5.88 Å². The third-order valence-corrected chi connectivity index (χ3v) is 1.76. The SMILES string of the molecule is O=[N+]([O-])c1cccnc1OCC1CO1. The lowest BCUT2D eigenvalue weighted by Crippen LogP contribution is -2.06. The van der Waals surface area contributed by atoms with Crippen molar-refractivity contribution in [1.29, 1.82) is 0 Å². The van der Waals surface area contributed by atoms with Crippen molar-refractivity contribution in [2.45, 2.75) is 6.10 Å². The van der Waals surface area contributed by atoms with Crippen LogP contribution in [-0.2, 0) is 4.74 Å². The van der Waals surface area contributed by atoms with Crippen LogP contribution in [0.15, 0.2) is 18.3 Å². The molecule has 1 aliphatic rings. The number of pyridine rings is 1. The van der Waals surface area contributed by atoms with E-state index in [9.17, 15) is 10.1 Å². The van der Waals surface area contributed by atoms with Crippen molar-refractivity contribution in [2.24, 2.45) is 0 Å². The van der Waals surface area contributed by atoms with Gasteiger partial charge in [-0.2, -0.15) is 0 Å². The third-order valence-electron chi connectivity index (χ3n) is 1.76. The second kappa shape index (κ2) is 3.59. The first-order chi connectivity index (χ1) is 6.77. The molecule has 2 rings (SSSR count). The first-order valence-corrected chi connectivity index (χ1v) is 4.11. The number of epoxide rings is 1. The Kier molecular flexibility index (Phi) is 2.28. The van der Waals surface area contributed by atoms with Gasteiger partial charge in [0.2, 0.25) is 0 Å². The van der Waals surface area contributed by atoms with Crippen LogP contribution in [0, 0.1) is 10.1 Å².